The number of benzene rings is 1. The molecule has 1 aromatic rings. The van der Waals surface area contributed by atoms with Gasteiger partial charge in [-0.1, -0.05) is 0 Å². The molecule has 1 atom stereocenters. The number of rotatable bonds is 3. The van der Waals surface area contributed by atoms with Crippen molar-refractivity contribution in [1.29, 1.82) is 0 Å². The van der Waals surface area contributed by atoms with Crippen LogP contribution in [0.1, 0.15) is 22.8 Å². The van der Waals surface area contributed by atoms with Gasteiger partial charge in [-0.05, 0) is 31.2 Å². The van der Waals surface area contributed by atoms with Gasteiger partial charge in [0.05, 0.1) is 12.2 Å². The minimum absolute atomic E-state index is 0.123. The summed E-state index contributed by atoms with van der Waals surface area (Å²) in [5.74, 6) is -0.514. The van der Waals surface area contributed by atoms with Gasteiger partial charge < -0.3 is 10.4 Å². The van der Waals surface area contributed by atoms with Crippen LogP contribution in [-0.4, -0.2) is 23.7 Å². The van der Waals surface area contributed by atoms with Crippen molar-refractivity contribution in [3.05, 3.63) is 35.4 Å². The van der Waals surface area contributed by atoms with Gasteiger partial charge in [0.2, 0.25) is 0 Å². The summed E-state index contributed by atoms with van der Waals surface area (Å²) in [5.41, 5.74) is -0.678. The second-order valence-electron chi connectivity index (χ2n) is 3.63. The van der Waals surface area contributed by atoms with Crippen LogP contribution < -0.4 is 5.32 Å². The minimum atomic E-state index is -4.41. The van der Waals surface area contributed by atoms with E-state index in [0.29, 0.717) is 0 Å². The summed E-state index contributed by atoms with van der Waals surface area (Å²) in [5, 5.41) is 11.2. The molecule has 0 saturated carbocycles. The molecule has 0 fully saturated rings. The highest BCUT2D eigenvalue weighted by atomic mass is 19.4. The first-order chi connectivity index (χ1) is 7.84. The Labute approximate surface area is 96.3 Å². The van der Waals surface area contributed by atoms with Crippen molar-refractivity contribution in [1.82, 2.24) is 5.32 Å². The normalized spacial score (nSPS) is 13.2. The Hall–Kier alpha value is -1.56. The first-order valence-electron chi connectivity index (χ1n) is 4.93. The number of carbonyl (C=O) groups is 1. The average Bonchev–Trinajstić information content (AvgIpc) is 2.27. The zero-order valence-corrected chi connectivity index (χ0v) is 9.08. The van der Waals surface area contributed by atoms with E-state index in [2.05, 4.69) is 5.32 Å². The van der Waals surface area contributed by atoms with E-state index < -0.39 is 23.7 Å². The van der Waals surface area contributed by atoms with Gasteiger partial charge in [-0.2, -0.15) is 13.2 Å². The third kappa shape index (κ3) is 3.74. The number of aliphatic hydroxyl groups excluding tert-OH is 1. The summed E-state index contributed by atoms with van der Waals surface area (Å²) in [4.78, 5) is 11.5. The molecule has 17 heavy (non-hydrogen) atoms. The summed E-state index contributed by atoms with van der Waals surface area (Å²) in [7, 11) is 0. The largest absolute Gasteiger partial charge is 0.416 e. The van der Waals surface area contributed by atoms with Crippen LogP contribution in [0.2, 0.25) is 0 Å². The minimum Gasteiger partial charge on any atom is -0.394 e. The van der Waals surface area contributed by atoms with Gasteiger partial charge >= 0.3 is 6.18 Å². The highest BCUT2D eigenvalue weighted by Crippen LogP contribution is 2.28. The van der Waals surface area contributed by atoms with Crippen molar-refractivity contribution in [2.24, 2.45) is 0 Å². The van der Waals surface area contributed by atoms with Crippen molar-refractivity contribution in [2.45, 2.75) is 19.1 Å². The number of alkyl halides is 3. The molecule has 3 nitrogen and oxygen atoms in total. The molecule has 1 amide bonds. The van der Waals surface area contributed by atoms with Crippen LogP contribution in [-0.2, 0) is 6.18 Å². The zero-order valence-electron chi connectivity index (χ0n) is 9.08. The smallest absolute Gasteiger partial charge is 0.394 e. The van der Waals surface area contributed by atoms with Crippen LogP contribution in [0.15, 0.2) is 24.3 Å². The molecule has 1 unspecified atom stereocenters. The number of hydrogen-bond donors (Lipinski definition) is 2. The summed E-state index contributed by atoms with van der Waals surface area (Å²) >= 11 is 0. The Bertz CT molecular complexity index is 387. The van der Waals surface area contributed by atoms with E-state index in [1.54, 1.807) is 6.92 Å². The third-order valence-corrected chi connectivity index (χ3v) is 2.13. The number of hydrogen-bond acceptors (Lipinski definition) is 2. The van der Waals surface area contributed by atoms with Gasteiger partial charge in [-0.3, -0.25) is 4.79 Å². The maximum atomic E-state index is 12.3. The van der Waals surface area contributed by atoms with E-state index in [0.717, 1.165) is 24.3 Å². The number of halogens is 3. The zero-order chi connectivity index (χ0) is 13.1. The van der Waals surface area contributed by atoms with Crippen LogP contribution in [0, 0.1) is 0 Å². The molecule has 0 radical (unpaired) electrons. The first-order valence-corrected chi connectivity index (χ1v) is 4.93. The topological polar surface area (TPSA) is 49.3 Å². The quantitative estimate of drug-likeness (QED) is 0.855. The van der Waals surface area contributed by atoms with E-state index in [1.807, 2.05) is 0 Å². The fourth-order valence-corrected chi connectivity index (χ4v) is 1.16. The molecule has 0 aliphatic carbocycles. The lowest BCUT2D eigenvalue weighted by atomic mass is 10.1. The molecule has 0 aromatic heterocycles. The second-order valence-corrected chi connectivity index (χ2v) is 3.63. The molecule has 0 bridgehead atoms. The maximum Gasteiger partial charge on any atom is 0.416 e. The number of aliphatic hydroxyl groups is 1. The monoisotopic (exact) mass is 247 g/mol. The third-order valence-electron chi connectivity index (χ3n) is 2.13. The summed E-state index contributed by atoms with van der Waals surface area (Å²) in [6.45, 7) is 1.36. The lowest BCUT2D eigenvalue weighted by molar-refractivity contribution is -0.137. The molecule has 0 heterocycles. The standard InChI is InChI=1S/C11H12F3NO2/c1-7(6-16)15-10(17)8-2-4-9(5-3-8)11(12,13)14/h2-5,7,16H,6H2,1H3,(H,15,17). The Morgan fingerprint density at radius 3 is 2.29 bits per heavy atom. The Morgan fingerprint density at radius 1 is 1.35 bits per heavy atom. The van der Waals surface area contributed by atoms with Crippen LogP contribution in [0.5, 0.6) is 0 Å². The fourth-order valence-electron chi connectivity index (χ4n) is 1.16. The number of nitrogens with one attached hydrogen (secondary N) is 1. The number of amides is 1. The van der Waals surface area contributed by atoms with E-state index >= 15 is 0 Å². The molecule has 6 heteroatoms. The molecule has 0 aliphatic heterocycles. The first kappa shape index (κ1) is 13.5. The molecule has 0 saturated heterocycles. The van der Waals surface area contributed by atoms with E-state index in [-0.39, 0.29) is 12.2 Å². The van der Waals surface area contributed by atoms with E-state index in [9.17, 15) is 18.0 Å². The Balaban J connectivity index is 2.78. The number of carbonyl (C=O) groups excluding carboxylic acids is 1. The van der Waals surface area contributed by atoms with Crippen LogP contribution in [0.3, 0.4) is 0 Å². The van der Waals surface area contributed by atoms with Crippen molar-refractivity contribution in [3.8, 4) is 0 Å². The fraction of sp³-hybridized carbons (Fsp3) is 0.364. The maximum absolute atomic E-state index is 12.3. The predicted molar refractivity (Wildman–Crippen MR) is 55.5 cm³/mol. The van der Waals surface area contributed by atoms with Gasteiger partial charge in [0.1, 0.15) is 0 Å². The Morgan fingerprint density at radius 2 is 1.88 bits per heavy atom. The van der Waals surface area contributed by atoms with Crippen molar-refractivity contribution in [3.63, 3.8) is 0 Å². The molecular weight excluding hydrogens is 235 g/mol. The Kier molecular flexibility index (Phi) is 4.11. The highest BCUT2D eigenvalue weighted by Gasteiger charge is 2.30. The molecule has 94 valence electrons. The van der Waals surface area contributed by atoms with E-state index in [4.69, 9.17) is 5.11 Å². The molecule has 0 spiro atoms. The van der Waals surface area contributed by atoms with Gasteiger partial charge in [-0.25, -0.2) is 0 Å². The molecule has 1 aromatic carbocycles. The predicted octanol–water partition coefficient (Wildman–Crippen LogP) is 1.82. The summed E-state index contributed by atoms with van der Waals surface area (Å²) in [6.07, 6.45) is -4.41. The van der Waals surface area contributed by atoms with Crippen LogP contribution in [0.25, 0.3) is 0 Å². The SMILES string of the molecule is CC(CO)NC(=O)c1ccc(C(F)(F)F)cc1. The van der Waals surface area contributed by atoms with Gasteiger partial charge in [0.15, 0.2) is 0 Å². The summed E-state index contributed by atoms with van der Waals surface area (Å²) < 4.78 is 36.8. The molecule has 0 aliphatic rings. The van der Waals surface area contributed by atoms with Crippen molar-refractivity contribution in [2.75, 3.05) is 6.61 Å². The molecule has 1 rings (SSSR count). The van der Waals surface area contributed by atoms with Gasteiger partial charge in [-0.15, -0.1) is 0 Å². The van der Waals surface area contributed by atoms with Crippen molar-refractivity contribution >= 4 is 5.91 Å². The van der Waals surface area contributed by atoms with Gasteiger partial charge in [0, 0.05) is 11.6 Å². The lowest BCUT2D eigenvalue weighted by Gasteiger charge is -2.11. The molecular formula is C11H12F3NO2. The summed E-state index contributed by atoms with van der Waals surface area (Å²) in [6, 6.07) is 3.45. The molecule has 2 N–H and O–H groups in total. The second kappa shape index (κ2) is 5.18. The average molecular weight is 247 g/mol. The van der Waals surface area contributed by atoms with Gasteiger partial charge in [0.25, 0.3) is 5.91 Å². The van der Waals surface area contributed by atoms with Crippen LogP contribution in [0.4, 0.5) is 13.2 Å². The highest BCUT2D eigenvalue weighted by molar-refractivity contribution is 5.94. The van der Waals surface area contributed by atoms with Crippen molar-refractivity contribution < 1.29 is 23.1 Å². The lowest BCUT2D eigenvalue weighted by Crippen LogP contribution is -2.34. The van der Waals surface area contributed by atoms with Crippen LogP contribution >= 0.6 is 0 Å². The van der Waals surface area contributed by atoms with E-state index in [1.165, 1.54) is 0 Å².